The standard InChI is InChI=1S/C17H20BrNO5/c1-24-15-6-4-12(18)9-13(15)14(20)5-7-16(21)19-8-2-3-11(10-19)17(22)23/h4,6,9,11H,2-3,5,7-8,10H2,1H3,(H,22,23). The van der Waals surface area contributed by atoms with Crippen molar-refractivity contribution in [2.45, 2.75) is 25.7 Å². The van der Waals surface area contributed by atoms with E-state index in [4.69, 9.17) is 9.84 Å². The number of Topliss-reactive ketones (excluding diaryl/α,β-unsaturated/α-hetero) is 1. The maximum atomic E-state index is 12.4. The van der Waals surface area contributed by atoms with Crippen LogP contribution in [0.15, 0.2) is 22.7 Å². The number of ketones is 1. The Kier molecular flexibility index (Phi) is 6.36. The first-order chi connectivity index (χ1) is 11.4. The van der Waals surface area contributed by atoms with Gasteiger partial charge in [-0.3, -0.25) is 14.4 Å². The number of carboxylic acids is 1. The number of amides is 1. The van der Waals surface area contributed by atoms with Crippen molar-refractivity contribution in [2.75, 3.05) is 20.2 Å². The largest absolute Gasteiger partial charge is 0.496 e. The number of aliphatic carboxylic acids is 1. The summed E-state index contributed by atoms with van der Waals surface area (Å²) in [5, 5.41) is 9.08. The molecular formula is C17H20BrNO5. The van der Waals surface area contributed by atoms with Crippen molar-refractivity contribution in [1.29, 1.82) is 0 Å². The Morgan fingerprint density at radius 3 is 2.75 bits per heavy atom. The zero-order valence-electron chi connectivity index (χ0n) is 13.5. The van der Waals surface area contributed by atoms with Crippen LogP contribution in [0.4, 0.5) is 0 Å². The van der Waals surface area contributed by atoms with Crippen LogP contribution in [-0.2, 0) is 9.59 Å². The van der Waals surface area contributed by atoms with Crippen molar-refractivity contribution in [2.24, 2.45) is 5.92 Å². The van der Waals surface area contributed by atoms with Crippen molar-refractivity contribution in [3.8, 4) is 5.75 Å². The number of carboxylic acid groups (broad SMARTS) is 1. The van der Waals surface area contributed by atoms with Crippen molar-refractivity contribution >= 4 is 33.6 Å². The van der Waals surface area contributed by atoms with E-state index in [1.54, 1.807) is 23.1 Å². The van der Waals surface area contributed by atoms with Crippen LogP contribution < -0.4 is 4.74 Å². The predicted octanol–water partition coefficient (Wildman–Crippen LogP) is 2.74. The van der Waals surface area contributed by atoms with Gasteiger partial charge in [-0.25, -0.2) is 0 Å². The van der Waals surface area contributed by atoms with E-state index in [0.717, 1.165) is 4.47 Å². The summed E-state index contributed by atoms with van der Waals surface area (Å²) in [5.74, 6) is -1.26. The lowest BCUT2D eigenvalue weighted by Gasteiger charge is -2.30. The van der Waals surface area contributed by atoms with Crippen LogP contribution in [-0.4, -0.2) is 47.9 Å². The quantitative estimate of drug-likeness (QED) is 0.745. The first-order valence-electron chi connectivity index (χ1n) is 7.79. The van der Waals surface area contributed by atoms with E-state index in [-0.39, 0.29) is 31.1 Å². The Balaban J connectivity index is 1.95. The average Bonchev–Trinajstić information content (AvgIpc) is 2.59. The van der Waals surface area contributed by atoms with E-state index in [0.29, 0.717) is 30.7 Å². The summed E-state index contributed by atoms with van der Waals surface area (Å²) in [7, 11) is 1.49. The maximum absolute atomic E-state index is 12.4. The number of halogens is 1. The van der Waals surface area contributed by atoms with Crippen LogP contribution in [0.25, 0.3) is 0 Å². The van der Waals surface area contributed by atoms with Gasteiger partial charge < -0.3 is 14.7 Å². The third-order valence-electron chi connectivity index (χ3n) is 4.15. The monoisotopic (exact) mass is 397 g/mol. The van der Waals surface area contributed by atoms with E-state index in [9.17, 15) is 14.4 Å². The Morgan fingerprint density at radius 2 is 2.08 bits per heavy atom. The van der Waals surface area contributed by atoms with Crippen molar-refractivity contribution in [3.63, 3.8) is 0 Å². The Labute approximate surface area is 148 Å². The molecule has 1 saturated heterocycles. The van der Waals surface area contributed by atoms with Crippen LogP contribution in [0.2, 0.25) is 0 Å². The summed E-state index contributed by atoms with van der Waals surface area (Å²) in [6, 6.07) is 5.15. The molecule has 1 fully saturated rings. The fourth-order valence-electron chi connectivity index (χ4n) is 2.82. The molecule has 1 amide bonds. The summed E-state index contributed by atoms with van der Waals surface area (Å²) < 4.78 is 5.95. The molecule has 1 unspecified atom stereocenters. The maximum Gasteiger partial charge on any atom is 0.308 e. The smallest absolute Gasteiger partial charge is 0.308 e. The van der Waals surface area contributed by atoms with E-state index in [1.165, 1.54) is 7.11 Å². The van der Waals surface area contributed by atoms with Crippen molar-refractivity contribution in [3.05, 3.63) is 28.2 Å². The second kappa shape index (κ2) is 8.28. The number of carbonyl (C=O) groups is 3. The van der Waals surface area contributed by atoms with Crippen molar-refractivity contribution < 1.29 is 24.2 Å². The molecule has 1 aliphatic rings. The van der Waals surface area contributed by atoms with E-state index in [2.05, 4.69) is 15.9 Å². The lowest BCUT2D eigenvalue weighted by Crippen LogP contribution is -2.42. The number of hydrogen-bond acceptors (Lipinski definition) is 4. The molecule has 6 nitrogen and oxygen atoms in total. The lowest BCUT2D eigenvalue weighted by atomic mass is 9.97. The molecule has 1 aromatic carbocycles. The molecule has 0 aromatic heterocycles. The highest BCUT2D eigenvalue weighted by Crippen LogP contribution is 2.25. The fourth-order valence-corrected chi connectivity index (χ4v) is 3.18. The van der Waals surface area contributed by atoms with Crippen molar-refractivity contribution in [1.82, 2.24) is 4.90 Å². The number of rotatable bonds is 6. The number of methoxy groups -OCH3 is 1. The normalized spacial score (nSPS) is 17.4. The van der Waals surface area contributed by atoms with Gasteiger partial charge in [0.05, 0.1) is 18.6 Å². The van der Waals surface area contributed by atoms with E-state index in [1.807, 2.05) is 0 Å². The third kappa shape index (κ3) is 4.56. The molecule has 7 heteroatoms. The molecule has 1 atom stereocenters. The van der Waals surface area contributed by atoms with Gasteiger partial charge >= 0.3 is 5.97 Å². The Morgan fingerprint density at radius 1 is 1.33 bits per heavy atom. The Bertz CT molecular complexity index is 646. The first kappa shape index (κ1) is 18.4. The highest BCUT2D eigenvalue weighted by atomic mass is 79.9. The third-order valence-corrected chi connectivity index (χ3v) is 4.64. The van der Waals surface area contributed by atoms with Gasteiger partial charge in [0, 0.05) is 30.4 Å². The van der Waals surface area contributed by atoms with Gasteiger partial charge in [-0.2, -0.15) is 0 Å². The molecule has 2 rings (SSSR count). The zero-order chi connectivity index (χ0) is 17.7. The number of carbonyl (C=O) groups excluding carboxylic acids is 2. The molecule has 0 radical (unpaired) electrons. The van der Waals surface area contributed by atoms with Crippen LogP contribution >= 0.6 is 15.9 Å². The molecule has 1 aliphatic heterocycles. The number of nitrogens with zero attached hydrogens (tertiary/aromatic N) is 1. The van der Waals surface area contributed by atoms with E-state index < -0.39 is 11.9 Å². The SMILES string of the molecule is COc1ccc(Br)cc1C(=O)CCC(=O)N1CCCC(C(=O)O)C1. The summed E-state index contributed by atoms with van der Waals surface area (Å²) in [6.07, 6.45) is 1.41. The van der Waals surface area contributed by atoms with Gasteiger partial charge in [0.1, 0.15) is 5.75 Å². The van der Waals surface area contributed by atoms with Crippen LogP contribution in [0.3, 0.4) is 0 Å². The molecule has 1 N–H and O–H groups in total. The molecule has 0 aliphatic carbocycles. The van der Waals surface area contributed by atoms with Crippen LogP contribution in [0.5, 0.6) is 5.75 Å². The van der Waals surface area contributed by atoms with Gasteiger partial charge in [0.25, 0.3) is 0 Å². The second-order valence-electron chi connectivity index (χ2n) is 5.78. The molecule has 24 heavy (non-hydrogen) atoms. The summed E-state index contributed by atoms with van der Waals surface area (Å²) >= 11 is 3.32. The predicted molar refractivity (Wildman–Crippen MR) is 91.2 cm³/mol. The van der Waals surface area contributed by atoms with Crippen LogP contribution in [0.1, 0.15) is 36.0 Å². The number of benzene rings is 1. The number of hydrogen-bond donors (Lipinski definition) is 1. The van der Waals surface area contributed by atoms with Crippen LogP contribution in [0, 0.1) is 5.92 Å². The zero-order valence-corrected chi connectivity index (χ0v) is 15.0. The van der Waals surface area contributed by atoms with Gasteiger partial charge in [-0.1, -0.05) is 15.9 Å². The first-order valence-corrected chi connectivity index (χ1v) is 8.59. The second-order valence-corrected chi connectivity index (χ2v) is 6.70. The average molecular weight is 398 g/mol. The minimum atomic E-state index is -0.873. The van der Waals surface area contributed by atoms with Gasteiger partial charge in [-0.05, 0) is 31.0 Å². The molecule has 0 spiro atoms. The molecule has 0 saturated carbocycles. The number of likely N-dealkylation sites (tertiary alicyclic amines) is 1. The van der Waals surface area contributed by atoms with Gasteiger partial charge in [0.15, 0.2) is 5.78 Å². The lowest BCUT2D eigenvalue weighted by molar-refractivity contribution is -0.145. The fraction of sp³-hybridized carbons (Fsp3) is 0.471. The molecular weight excluding hydrogens is 378 g/mol. The number of piperidine rings is 1. The molecule has 1 heterocycles. The summed E-state index contributed by atoms with van der Waals surface area (Å²) in [4.78, 5) is 37.2. The summed E-state index contributed by atoms with van der Waals surface area (Å²) in [6.45, 7) is 0.777. The Hall–Kier alpha value is -1.89. The highest BCUT2D eigenvalue weighted by molar-refractivity contribution is 9.10. The van der Waals surface area contributed by atoms with Gasteiger partial charge in [-0.15, -0.1) is 0 Å². The van der Waals surface area contributed by atoms with Gasteiger partial charge in [0.2, 0.25) is 5.91 Å². The number of ether oxygens (including phenoxy) is 1. The molecule has 130 valence electrons. The molecule has 0 bridgehead atoms. The molecule has 1 aromatic rings. The minimum Gasteiger partial charge on any atom is -0.496 e. The van der Waals surface area contributed by atoms with E-state index >= 15 is 0 Å². The minimum absolute atomic E-state index is 0.0693. The highest BCUT2D eigenvalue weighted by Gasteiger charge is 2.28. The summed E-state index contributed by atoms with van der Waals surface area (Å²) in [5.41, 5.74) is 0.432. The topological polar surface area (TPSA) is 83.9 Å².